The number of fused-ring (bicyclic) bond motifs is 1. The first kappa shape index (κ1) is 17.0. The first-order chi connectivity index (χ1) is 11.2. The van der Waals surface area contributed by atoms with Crippen LogP contribution in [0, 0.1) is 0 Å². The van der Waals surface area contributed by atoms with Crippen molar-refractivity contribution in [3.63, 3.8) is 0 Å². The third-order valence-electron chi connectivity index (χ3n) is 4.57. The van der Waals surface area contributed by atoms with Crippen LogP contribution >= 0.6 is 0 Å². The zero-order valence-electron chi connectivity index (χ0n) is 13.5. The second kappa shape index (κ2) is 6.23. The van der Waals surface area contributed by atoms with E-state index in [-0.39, 0.29) is 18.5 Å². The average Bonchev–Trinajstić information content (AvgIpc) is 2.89. The molecule has 5 nitrogen and oxygen atoms in total. The number of rotatable bonds is 4. The summed E-state index contributed by atoms with van der Waals surface area (Å²) < 4.78 is 38.7. The maximum absolute atomic E-state index is 12.2. The van der Waals surface area contributed by atoms with Crippen molar-refractivity contribution in [3.8, 4) is 0 Å². The Kier molecular flexibility index (Phi) is 4.42. The molecule has 1 saturated carbocycles. The first-order valence-corrected chi connectivity index (χ1v) is 8.10. The van der Waals surface area contributed by atoms with Gasteiger partial charge in [0.15, 0.2) is 0 Å². The van der Waals surface area contributed by atoms with Gasteiger partial charge in [-0.2, -0.15) is 18.2 Å². The van der Waals surface area contributed by atoms with Gasteiger partial charge in [0.2, 0.25) is 5.95 Å². The molecule has 0 spiro atoms. The van der Waals surface area contributed by atoms with E-state index in [9.17, 15) is 18.3 Å². The minimum absolute atomic E-state index is 0.203. The van der Waals surface area contributed by atoms with Gasteiger partial charge in [-0.15, -0.1) is 0 Å². The number of alkyl halides is 3. The summed E-state index contributed by atoms with van der Waals surface area (Å²) in [5.74, 6) is 0.203. The number of aliphatic hydroxyl groups is 1. The lowest BCUT2D eigenvalue weighted by molar-refractivity contribution is -0.131. The number of nitrogens with one attached hydrogen (secondary N) is 1. The number of halogens is 3. The molecule has 0 unspecified atom stereocenters. The van der Waals surface area contributed by atoms with Gasteiger partial charge in [0.05, 0.1) is 12.0 Å². The van der Waals surface area contributed by atoms with Gasteiger partial charge in [0.25, 0.3) is 0 Å². The Morgan fingerprint density at radius 3 is 2.75 bits per heavy atom. The smallest absolute Gasteiger partial charge is 0.390 e. The molecule has 1 aliphatic carbocycles. The average molecular weight is 342 g/mol. The molecule has 0 bridgehead atoms. The maximum Gasteiger partial charge on any atom is 0.390 e. The largest absolute Gasteiger partial charge is 0.390 e. The fourth-order valence-corrected chi connectivity index (χ4v) is 3.14. The SMILES string of the molecule is CC1(O)CCC(n2ccc3cnc(NCCC(F)(F)F)nc32)CC1. The zero-order valence-corrected chi connectivity index (χ0v) is 13.5. The van der Waals surface area contributed by atoms with Crippen molar-refractivity contribution in [1.82, 2.24) is 14.5 Å². The van der Waals surface area contributed by atoms with Crippen molar-refractivity contribution in [2.45, 2.75) is 56.8 Å². The second-order valence-electron chi connectivity index (χ2n) is 6.72. The molecule has 2 heterocycles. The van der Waals surface area contributed by atoms with E-state index in [0.717, 1.165) is 31.1 Å². The standard InChI is InChI=1S/C16H21F3N4O/c1-15(24)5-2-12(3-6-15)23-9-4-11-10-21-14(22-13(11)23)20-8-7-16(17,18)19/h4,9-10,12,24H,2-3,5-8H2,1H3,(H,20,21,22). The van der Waals surface area contributed by atoms with Gasteiger partial charge in [0, 0.05) is 30.4 Å². The molecule has 1 aliphatic rings. The van der Waals surface area contributed by atoms with E-state index in [1.54, 1.807) is 6.20 Å². The molecule has 8 heteroatoms. The predicted octanol–water partition coefficient (Wildman–Crippen LogP) is 3.66. The van der Waals surface area contributed by atoms with Gasteiger partial charge in [0.1, 0.15) is 5.65 Å². The van der Waals surface area contributed by atoms with Crippen molar-refractivity contribution < 1.29 is 18.3 Å². The number of aromatic nitrogens is 3. The van der Waals surface area contributed by atoms with Crippen molar-refractivity contribution >= 4 is 17.0 Å². The van der Waals surface area contributed by atoms with E-state index >= 15 is 0 Å². The van der Waals surface area contributed by atoms with Crippen molar-refractivity contribution in [1.29, 1.82) is 0 Å². The number of hydrogen-bond donors (Lipinski definition) is 2. The quantitative estimate of drug-likeness (QED) is 0.890. The Bertz CT molecular complexity index is 701. The van der Waals surface area contributed by atoms with E-state index in [2.05, 4.69) is 15.3 Å². The fourth-order valence-electron chi connectivity index (χ4n) is 3.14. The van der Waals surface area contributed by atoms with Crippen LogP contribution in [-0.2, 0) is 0 Å². The van der Waals surface area contributed by atoms with Gasteiger partial charge >= 0.3 is 6.18 Å². The topological polar surface area (TPSA) is 63.0 Å². The first-order valence-electron chi connectivity index (χ1n) is 8.10. The van der Waals surface area contributed by atoms with E-state index in [0.29, 0.717) is 5.65 Å². The van der Waals surface area contributed by atoms with Crippen LogP contribution in [0.15, 0.2) is 18.5 Å². The predicted molar refractivity (Wildman–Crippen MR) is 84.8 cm³/mol. The molecule has 0 atom stereocenters. The van der Waals surface area contributed by atoms with Crippen molar-refractivity contribution in [2.24, 2.45) is 0 Å². The Hall–Kier alpha value is -1.83. The minimum atomic E-state index is -4.20. The summed E-state index contributed by atoms with van der Waals surface area (Å²) in [7, 11) is 0. The summed E-state index contributed by atoms with van der Waals surface area (Å²) in [6.45, 7) is 1.60. The number of nitrogens with zero attached hydrogens (tertiary/aromatic N) is 3. The summed E-state index contributed by atoms with van der Waals surface area (Å²) in [5, 5.41) is 13.6. The molecule has 0 radical (unpaired) electrons. The van der Waals surface area contributed by atoms with E-state index in [1.807, 2.05) is 23.8 Å². The molecule has 0 aromatic carbocycles. The lowest BCUT2D eigenvalue weighted by Crippen LogP contribution is -2.31. The molecule has 132 valence electrons. The number of hydrogen-bond acceptors (Lipinski definition) is 4. The third-order valence-corrected chi connectivity index (χ3v) is 4.57. The van der Waals surface area contributed by atoms with Crippen LogP contribution in [-0.4, -0.2) is 38.0 Å². The Morgan fingerprint density at radius 1 is 1.38 bits per heavy atom. The highest BCUT2D eigenvalue weighted by atomic mass is 19.4. The summed E-state index contributed by atoms with van der Waals surface area (Å²) in [5.41, 5.74) is 0.102. The molecular formula is C16H21F3N4O. The van der Waals surface area contributed by atoms with Crippen LogP contribution in [0.5, 0.6) is 0 Å². The third kappa shape index (κ3) is 3.98. The molecule has 0 aliphatic heterocycles. The van der Waals surface area contributed by atoms with Crippen LogP contribution in [0.3, 0.4) is 0 Å². The van der Waals surface area contributed by atoms with Gasteiger partial charge in [-0.25, -0.2) is 4.98 Å². The summed E-state index contributed by atoms with van der Waals surface area (Å²) in [6.07, 6.45) is 1.56. The van der Waals surface area contributed by atoms with Crippen molar-refractivity contribution in [2.75, 3.05) is 11.9 Å². The Morgan fingerprint density at radius 2 is 2.08 bits per heavy atom. The lowest BCUT2D eigenvalue weighted by atomic mass is 9.83. The van der Waals surface area contributed by atoms with Crippen LogP contribution < -0.4 is 5.32 Å². The van der Waals surface area contributed by atoms with Crippen LogP contribution in [0.4, 0.5) is 19.1 Å². The fraction of sp³-hybridized carbons (Fsp3) is 0.625. The molecular weight excluding hydrogens is 321 g/mol. The monoisotopic (exact) mass is 342 g/mol. The van der Waals surface area contributed by atoms with E-state index < -0.39 is 18.2 Å². The highest BCUT2D eigenvalue weighted by Crippen LogP contribution is 2.36. The highest BCUT2D eigenvalue weighted by Gasteiger charge is 2.30. The molecule has 0 amide bonds. The van der Waals surface area contributed by atoms with Crippen molar-refractivity contribution in [3.05, 3.63) is 18.5 Å². The van der Waals surface area contributed by atoms with Crippen LogP contribution in [0.1, 0.15) is 45.1 Å². The van der Waals surface area contributed by atoms with E-state index in [4.69, 9.17) is 0 Å². The lowest BCUT2D eigenvalue weighted by Gasteiger charge is -2.33. The molecule has 1 fully saturated rings. The van der Waals surface area contributed by atoms with Gasteiger partial charge in [-0.1, -0.05) is 0 Å². The molecule has 24 heavy (non-hydrogen) atoms. The zero-order chi connectivity index (χ0) is 17.4. The van der Waals surface area contributed by atoms with Gasteiger partial charge in [-0.3, -0.25) is 0 Å². The molecule has 2 aromatic heterocycles. The molecule has 3 rings (SSSR count). The normalized spacial score (nSPS) is 25.1. The highest BCUT2D eigenvalue weighted by molar-refractivity contribution is 5.76. The summed E-state index contributed by atoms with van der Waals surface area (Å²) in [6, 6.07) is 2.14. The maximum atomic E-state index is 12.2. The Labute approximate surface area is 137 Å². The molecule has 0 saturated heterocycles. The summed E-state index contributed by atoms with van der Waals surface area (Å²) >= 11 is 0. The molecule has 2 N–H and O–H groups in total. The Balaban J connectivity index is 1.74. The van der Waals surface area contributed by atoms with Crippen LogP contribution in [0.2, 0.25) is 0 Å². The second-order valence-corrected chi connectivity index (χ2v) is 6.72. The summed E-state index contributed by atoms with van der Waals surface area (Å²) in [4.78, 5) is 8.44. The molecule has 2 aromatic rings. The number of anilines is 1. The van der Waals surface area contributed by atoms with Gasteiger partial charge in [-0.05, 0) is 38.7 Å². The van der Waals surface area contributed by atoms with E-state index in [1.165, 1.54) is 0 Å². The van der Waals surface area contributed by atoms with Crippen LogP contribution in [0.25, 0.3) is 11.0 Å². The van der Waals surface area contributed by atoms with Gasteiger partial charge < -0.3 is 15.0 Å². The minimum Gasteiger partial charge on any atom is -0.390 e.